The van der Waals surface area contributed by atoms with Crippen LogP contribution in [0.25, 0.3) is 6.08 Å². The van der Waals surface area contributed by atoms with Crippen molar-refractivity contribution in [3.8, 4) is 0 Å². The fourth-order valence-corrected chi connectivity index (χ4v) is 2.01. The predicted molar refractivity (Wildman–Crippen MR) is 80.9 cm³/mol. The van der Waals surface area contributed by atoms with Gasteiger partial charge in [0.2, 0.25) is 0 Å². The van der Waals surface area contributed by atoms with Crippen LogP contribution in [0, 0.1) is 0 Å². The number of esters is 1. The molecule has 104 valence electrons. The summed E-state index contributed by atoms with van der Waals surface area (Å²) in [6.07, 6.45) is 12.0. The van der Waals surface area contributed by atoms with E-state index < -0.39 is 0 Å². The molecule has 1 unspecified atom stereocenters. The number of allylic oxidation sites excluding steroid dienone is 2. The molecule has 0 bridgehead atoms. The molecule has 0 aromatic heterocycles. The molecule has 0 saturated carbocycles. The second kappa shape index (κ2) is 7.34. The van der Waals surface area contributed by atoms with Crippen molar-refractivity contribution in [1.29, 1.82) is 0 Å². The third kappa shape index (κ3) is 4.12. The molecule has 20 heavy (non-hydrogen) atoms. The van der Waals surface area contributed by atoms with E-state index in [9.17, 15) is 4.79 Å². The minimum absolute atomic E-state index is 0.0737. The van der Waals surface area contributed by atoms with Gasteiger partial charge in [-0.1, -0.05) is 54.6 Å². The Bertz CT molecular complexity index is 517. The van der Waals surface area contributed by atoms with Crippen molar-refractivity contribution < 1.29 is 9.53 Å². The predicted octanol–water partition coefficient (Wildman–Crippen LogP) is 3.02. The maximum absolute atomic E-state index is 11.6. The molecule has 1 aliphatic heterocycles. The highest BCUT2D eigenvalue weighted by atomic mass is 16.5. The SMILES string of the molecule is CCOC(=O)CN1C=CC=CC1/C=C/c1ccccc1. The van der Waals surface area contributed by atoms with E-state index in [-0.39, 0.29) is 18.6 Å². The van der Waals surface area contributed by atoms with Crippen molar-refractivity contribution in [3.05, 3.63) is 66.4 Å². The molecule has 1 atom stereocenters. The van der Waals surface area contributed by atoms with Crippen LogP contribution >= 0.6 is 0 Å². The third-order valence-electron chi connectivity index (χ3n) is 2.98. The van der Waals surface area contributed by atoms with Gasteiger partial charge in [0.25, 0.3) is 0 Å². The van der Waals surface area contributed by atoms with E-state index in [4.69, 9.17) is 4.74 Å². The topological polar surface area (TPSA) is 29.5 Å². The number of ether oxygens (including phenoxy) is 1. The van der Waals surface area contributed by atoms with Crippen molar-refractivity contribution in [1.82, 2.24) is 4.90 Å². The van der Waals surface area contributed by atoms with Crippen LogP contribution in [-0.2, 0) is 9.53 Å². The normalized spacial score (nSPS) is 17.6. The highest BCUT2D eigenvalue weighted by Gasteiger charge is 2.15. The maximum Gasteiger partial charge on any atom is 0.325 e. The standard InChI is InChI=1S/C17H19NO2/c1-2-20-17(19)14-18-13-7-6-10-16(18)12-11-15-8-4-3-5-9-15/h3-13,16H,2,14H2,1H3/b12-11+. The Balaban J connectivity index is 2.01. The summed E-state index contributed by atoms with van der Waals surface area (Å²) in [6.45, 7) is 2.49. The fourth-order valence-electron chi connectivity index (χ4n) is 2.01. The number of hydrogen-bond acceptors (Lipinski definition) is 3. The number of nitrogens with zero attached hydrogens (tertiary/aromatic N) is 1. The smallest absolute Gasteiger partial charge is 0.325 e. The summed E-state index contributed by atoms with van der Waals surface area (Å²) in [7, 11) is 0. The van der Waals surface area contributed by atoms with Crippen LogP contribution in [0.4, 0.5) is 0 Å². The van der Waals surface area contributed by atoms with Crippen LogP contribution in [0.1, 0.15) is 12.5 Å². The van der Waals surface area contributed by atoms with E-state index in [1.807, 2.05) is 48.4 Å². The molecular formula is C17H19NO2. The van der Waals surface area contributed by atoms with Gasteiger partial charge in [0.1, 0.15) is 6.54 Å². The minimum atomic E-state index is -0.203. The van der Waals surface area contributed by atoms with Crippen molar-refractivity contribution in [3.63, 3.8) is 0 Å². The lowest BCUT2D eigenvalue weighted by atomic mass is 10.1. The maximum atomic E-state index is 11.6. The molecule has 3 nitrogen and oxygen atoms in total. The first-order chi connectivity index (χ1) is 9.79. The van der Waals surface area contributed by atoms with Crippen LogP contribution in [-0.4, -0.2) is 30.1 Å². The Labute approximate surface area is 119 Å². The van der Waals surface area contributed by atoms with Crippen LogP contribution < -0.4 is 0 Å². The van der Waals surface area contributed by atoms with Gasteiger partial charge in [-0.15, -0.1) is 0 Å². The summed E-state index contributed by atoms with van der Waals surface area (Å²) < 4.78 is 4.99. The van der Waals surface area contributed by atoms with Gasteiger partial charge in [-0.05, 0) is 18.6 Å². The molecule has 0 radical (unpaired) electrons. The number of benzene rings is 1. The monoisotopic (exact) mass is 269 g/mol. The molecule has 1 aromatic rings. The van der Waals surface area contributed by atoms with Gasteiger partial charge in [-0.25, -0.2) is 0 Å². The van der Waals surface area contributed by atoms with Crippen molar-refractivity contribution >= 4 is 12.0 Å². The Morgan fingerprint density at radius 3 is 2.85 bits per heavy atom. The molecule has 0 amide bonds. The average molecular weight is 269 g/mol. The quantitative estimate of drug-likeness (QED) is 0.770. The Morgan fingerprint density at radius 2 is 2.10 bits per heavy atom. The largest absolute Gasteiger partial charge is 0.465 e. The lowest BCUT2D eigenvalue weighted by Crippen LogP contribution is -2.34. The third-order valence-corrected chi connectivity index (χ3v) is 2.98. The Hall–Kier alpha value is -2.29. The molecule has 0 saturated heterocycles. The molecule has 3 heteroatoms. The van der Waals surface area contributed by atoms with E-state index in [1.165, 1.54) is 0 Å². The van der Waals surface area contributed by atoms with Crippen LogP contribution in [0.5, 0.6) is 0 Å². The summed E-state index contributed by atoms with van der Waals surface area (Å²) >= 11 is 0. The van der Waals surface area contributed by atoms with Gasteiger partial charge in [-0.2, -0.15) is 0 Å². The fraction of sp³-hybridized carbons (Fsp3) is 0.235. The Morgan fingerprint density at radius 1 is 1.30 bits per heavy atom. The lowest BCUT2D eigenvalue weighted by Gasteiger charge is -2.27. The van der Waals surface area contributed by atoms with E-state index in [0.717, 1.165) is 5.56 Å². The zero-order valence-electron chi connectivity index (χ0n) is 11.6. The summed E-state index contributed by atoms with van der Waals surface area (Å²) in [5.74, 6) is -0.203. The molecule has 0 fully saturated rings. The summed E-state index contributed by atoms with van der Waals surface area (Å²) in [4.78, 5) is 13.5. The number of carbonyl (C=O) groups is 1. The first-order valence-corrected chi connectivity index (χ1v) is 6.79. The van der Waals surface area contributed by atoms with Crippen LogP contribution in [0.2, 0.25) is 0 Å². The van der Waals surface area contributed by atoms with Gasteiger partial charge in [0.15, 0.2) is 0 Å². The average Bonchev–Trinajstić information content (AvgIpc) is 2.48. The first-order valence-electron chi connectivity index (χ1n) is 6.79. The minimum Gasteiger partial charge on any atom is -0.465 e. The second-order valence-electron chi connectivity index (χ2n) is 4.46. The molecule has 0 N–H and O–H groups in total. The zero-order valence-corrected chi connectivity index (χ0v) is 11.6. The first kappa shape index (κ1) is 14.1. The molecule has 2 rings (SSSR count). The second-order valence-corrected chi connectivity index (χ2v) is 4.46. The summed E-state index contributed by atoms with van der Waals surface area (Å²) in [5, 5.41) is 0. The van der Waals surface area contributed by atoms with Gasteiger partial charge in [0, 0.05) is 6.20 Å². The van der Waals surface area contributed by atoms with E-state index in [0.29, 0.717) is 6.61 Å². The molecular weight excluding hydrogens is 250 g/mol. The van der Waals surface area contributed by atoms with Gasteiger partial charge >= 0.3 is 5.97 Å². The highest BCUT2D eigenvalue weighted by Crippen LogP contribution is 2.12. The molecule has 1 aromatic carbocycles. The van der Waals surface area contributed by atoms with Gasteiger partial charge in [0.05, 0.1) is 12.6 Å². The van der Waals surface area contributed by atoms with E-state index >= 15 is 0 Å². The van der Waals surface area contributed by atoms with Crippen LogP contribution in [0.15, 0.2) is 60.8 Å². The molecule has 1 heterocycles. The highest BCUT2D eigenvalue weighted by molar-refractivity contribution is 5.72. The molecule has 0 aliphatic carbocycles. The number of hydrogen-bond donors (Lipinski definition) is 0. The Kier molecular flexibility index (Phi) is 5.18. The van der Waals surface area contributed by atoms with E-state index in [1.54, 1.807) is 0 Å². The van der Waals surface area contributed by atoms with E-state index in [2.05, 4.69) is 30.4 Å². The summed E-state index contributed by atoms with van der Waals surface area (Å²) in [6, 6.07) is 10.2. The van der Waals surface area contributed by atoms with Crippen molar-refractivity contribution in [2.75, 3.05) is 13.2 Å². The number of carbonyl (C=O) groups excluding carboxylic acids is 1. The lowest BCUT2D eigenvalue weighted by molar-refractivity contribution is -0.143. The van der Waals surface area contributed by atoms with Crippen molar-refractivity contribution in [2.45, 2.75) is 13.0 Å². The van der Waals surface area contributed by atoms with Crippen LogP contribution in [0.3, 0.4) is 0 Å². The van der Waals surface area contributed by atoms with Gasteiger partial charge < -0.3 is 9.64 Å². The summed E-state index contributed by atoms with van der Waals surface area (Å²) in [5.41, 5.74) is 1.14. The van der Waals surface area contributed by atoms with Crippen molar-refractivity contribution in [2.24, 2.45) is 0 Å². The number of rotatable bonds is 5. The van der Waals surface area contributed by atoms with Gasteiger partial charge in [-0.3, -0.25) is 4.79 Å². The molecule has 0 spiro atoms. The zero-order chi connectivity index (χ0) is 14.2. The molecule has 1 aliphatic rings.